The average molecular weight is 412 g/mol. The van der Waals surface area contributed by atoms with Crippen molar-refractivity contribution in [2.24, 2.45) is 17.3 Å². The van der Waals surface area contributed by atoms with Crippen molar-refractivity contribution in [2.75, 3.05) is 46.4 Å². The molecule has 2 rings (SSSR count). The van der Waals surface area contributed by atoms with Gasteiger partial charge in [-0.25, -0.2) is 0 Å². The number of likely N-dealkylation sites (tertiary alicyclic amines) is 1. The second-order valence-electron chi connectivity index (χ2n) is 8.20. The highest BCUT2D eigenvalue weighted by molar-refractivity contribution is 5.85. The van der Waals surface area contributed by atoms with Crippen LogP contribution in [0.4, 0.5) is 0 Å². The van der Waals surface area contributed by atoms with Crippen molar-refractivity contribution < 1.29 is 9.53 Å². The van der Waals surface area contributed by atoms with E-state index in [4.69, 9.17) is 4.74 Å². The number of rotatable bonds is 7. The molecule has 5 nitrogen and oxygen atoms in total. The minimum Gasteiger partial charge on any atom is -0.384 e. The van der Waals surface area contributed by atoms with Gasteiger partial charge in [-0.2, -0.15) is 0 Å². The van der Waals surface area contributed by atoms with E-state index < -0.39 is 0 Å². The lowest BCUT2D eigenvalue weighted by Gasteiger charge is -2.40. The maximum atomic E-state index is 12.9. The Hall–Kier alpha value is -0.0700. The predicted octanol–water partition coefficient (Wildman–Crippen LogP) is 2.72. The van der Waals surface area contributed by atoms with Crippen LogP contribution in [0.2, 0.25) is 0 Å². The van der Waals surface area contributed by atoms with Crippen molar-refractivity contribution in [2.45, 2.75) is 52.5 Å². The average Bonchev–Trinajstić information content (AvgIpc) is 2.57. The van der Waals surface area contributed by atoms with E-state index in [1.807, 2.05) is 0 Å². The highest BCUT2D eigenvalue weighted by Gasteiger charge is 2.40. The summed E-state index contributed by atoms with van der Waals surface area (Å²) in [5, 5.41) is 6.63. The maximum absolute atomic E-state index is 12.9. The van der Waals surface area contributed by atoms with E-state index in [-0.39, 0.29) is 36.1 Å². The Morgan fingerprint density at radius 2 is 1.81 bits per heavy atom. The predicted molar refractivity (Wildman–Crippen MR) is 113 cm³/mol. The monoisotopic (exact) mass is 411 g/mol. The van der Waals surface area contributed by atoms with E-state index in [0.717, 1.165) is 51.5 Å². The minimum absolute atomic E-state index is 0. The molecule has 1 atom stereocenters. The van der Waals surface area contributed by atoms with Crippen LogP contribution in [0.5, 0.6) is 0 Å². The van der Waals surface area contributed by atoms with Crippen LogP contribution in [0.3, 0.4) is 0 Å². The Morgan fingerprint density at radius 1 is 1.23 bits per heavy atom. The van der Waals surface area contributed by atoms with Gasteiger partial charge in [0, 0.05) is 19.7 Å². The van der Waals surface area contributed by atoms with Crippen LogP contribution >= 0.6 is 24.8 Å². The molecule has 2 aliphatic rings. The molecule has 1 amide bonds. The summed E-state index contributed by atoms with van der Waals surface area (Å²) in [5.74, 6) is 1.57. The summed E-state index contributed by atoms with van der Waals surface area (Å²) >= 11 is 0. The molecule has 0 aromatic heterocycles. The molecular formula is C19H39Cl2N3O2. The first kappa shape index (κ1) is 25.9. The zero-order chi connectivity index (χ0) is 17.6. The third-order valence-electron chi connectivity index (χ3n) is 5.99. The standard InChI is InChI=1S/C19H37N3O2.2ClH/c1-15(2)17(22-11-5-16(3)6-12-22)13-21-18(23)19(14-24-4)7-9-20-10-8-19;;/h15-17,20H,5-14H2,1-4H3,(H,21,23);2*1H. The van der Waals surface area contributed by atoms with E-state index >= 15 is 0 Å². The highest BCUT2D eigenvalue weighted by Crippen LogP contribution is 2.29. The number of nitrogens with one attached hydrogen (secondary N) is 2. The summed E-state index contributed by atoms with van der Waals surface area (Å²) in [5.41, 5.74) is -0.349. The summed E-state index contributed by atoms with van der Waals surface area (Å²) in [6.07, 6.45) is 4.27. The number of carbonyl (C=O) groups excluding carboxylic acids is 1. The number of hydrogen-bond acceptors (Lipinski definition) is 4. The largest absolute Gasteiger partial charge is 0.384 e. The number of methoxy groups -OCH3 is 1. The molecule has 26 heavy (non-hydrogen) atoms. The van der Waals surface area contributed by atoms with Gasteiger partial charge >= 0.3 is 0 Å². The molecule has 1 unspecified atom stereocenters. The molecule has 2 saturated heterocycles. The van der Waals surface area contributed by atoms with Crippen molar-refractivity contribution in [3.63, 3.8) is 0 Å². The van der Waals surface area contributed by atoms with Crippen molar-refractivity contribution in [1.82, 2.24) is 15.5 Å². The third-order valence-corrected chi connectivity index (χ3v) is 5.99. The molecule has 2 fully saturated rings. The first-order chi connectivity index (χ1) is 11.5. The molecule has 0 aliphatic carbocycles. The SMILES string of the molecule is COCC1(C(=O)NCC(C(C)C)N2CCC(C)CC2)CCNCC1.Cl.Cl. The Bertz CT molecular complexity index is 391. The molecule has 0 spiro atoms. The topological polar surface area (TPSA) is 53.6 Å². The molecule has 0 aromatic rings. The van der Waals surface area contributed by atoms with Crippen molar-refractivity contribution in [3.8, 4) is 0 Å². The fourth-order valence-corrected chi connectivity index (χ4v) is 4.15. The molecule has 156 valence electrons. The maximum Gasteiger partial charge on any atom is 0.228 e. The van der Waals surface area contributed by atoms with E-state index in [0.29, 0.717) is 18.6 Å². The number of piperidine rings is 2. The van der Waals surface area contributed by atoms with Crippen molar-refractivity contribution in [3.05, 3.63) is 0 Å². The molecule has 2 aliphatic heterocycles. The quantitative estimate of drug-likeness (QED) is 0.675. The summed E-state index contributed by atoms with van der Waals surface area (Å²) in [7, 11) is 1.70. The van der Waals surface area contributed by atoms with Gasteiger partial charge < -0.3 is 15.4 Å². The summed E-state index contributed by atoms with van der Waals surface area (Å²) in [6, 6.07) is 0.433. The van der Waals surface area contributed by atoms with Crippen LogP contribution in [0.15, 0.2) is 0 Å². The summed E-state index contributed by atoms with van der Waals surface area (Å²) in [4.78, 5) is 15.5. The normalized spacial score (nSPS) is 22.2. The first-order valence-corrected chi connectivity index (χ1v) is 9.70. The van der Waals surface area contributed by atoms with Crippen LogP contribution in [0, 0.1) is 17.3 Å². The Balaban J connectivity index is 0.00000312. The Kier molecular flexibility index (Phi) is 12.4. The van der Waals surface area contributed by atoms with Gasteiger partial charge in [-0.3, -0.25) is 9.69 Å². The van der Waals surface area contributed by atoms with Crippen LogP contribution in [0.1, 0.15) is 46.5 Å². The number of nitrogens with zero attached hydrogens (tertiary/aromatic N) is 1. The van der Waals surface area contributed by atoms with Crippen molar-refractivity contribution in [1.29, 1.82) is 0 Å². The number of hydrogen-bond donors (Lipinski definition) is 2. The molecule has 0 saturated carbocycles. The van der Waals surface area contributed by atoms with Gasteiger partial charge in [-0.1, -0.05) is 20.8 Å². The third kappa shape index (κ3) is 6.83. The lowest BCUT2D eigenvalue weighted by atomic mass is 9.78. The van der Waals surface area contributed by atoms with Crippen LogP contribution in [-0.2, 0) is 9.53 Å². The number of carbonyl (C=O) groups is 1. The van der Waals surface area contributed by atoms with E-state index in [1.54, 1.807) is 7.11 Å². The molecule has 0 aromatic carbocycles. The first-order valence-electron chi connectivity index (χ1n) is 9.70. The van der Waals surface area contributed by atoms with Crippen LogP contribution < -0.4 is 10.6 Å². The zero-order valence-corrected chi connectivity index (χ0v) is 18.5. The molecule has 7 heteroatoms. The van der Waals surface area contributed by atoms with Crippen molar-refractivity contribution >= 4 is 30.7 Å². The fourth-order valence-electron chi connectivity index (χ4n) is 4.15. The summed E-state index contributed by atoms with van der Waals surface area (Å²) in [6.45, 7) is 12.3. The second-order valence-corrected chi connectivity index (χ2v) is 8.20. The lowest BCUT2D eigenvalue weighted by Crippen LogP contribution is -2.54. The molecular weight excluding hydrogens is 373 g/mol. The number of ether oxygens (including phenoxy) is 1. The van der Waals surface area contributed by atoms with E-state index in [2.05, 4.69) is 36.3 Å². The number of halogens is 2. The highest BCUT2D eigenvalue weighted by atomic mass is 35.5. The summed E-state index contributed by atoms with van der Waals surface area (Å²) < 4.78 is 5.39. The van der Waals surface area contributed by atoms with Crippen LogP contribution in [0.25, 0.3) is 0 Å². The van der Waals surface area contributed by atoms with Crippen LogP contribution in [-0.4, -0.2) is 63.3 Å². The van der Waals surface area contributed by atoms with Gasteiger partial charge in [0.05, 0.1) is 12.0 Å². The molecule has 0 bridgehead atoms. The van der Waals surface area contributed by atoms with E-state index in [1.165, 1.54) is 12.8 Å². The molecule has 0 radical (unpaired) electrons. The van der Waals surface area contributed by atoms with Gasteiger partial charge in [0.15, 0.2) is 0 Å². The lowest BCUT2D eigenvalue weighted by molar-refractivity contribution is -0.136. The fraction of sp³-hybridized carbons (Fsp3) is 0.947. The Labute approximate surface area is 172 Å². The molecule has 2 heterocycles. The van der Waals surface area contributed by atoms with E-state index in [9.17, 15) is 4.79 Å². The van der Waals surface area contributed by atoms with Gasteiger partial charge in [0.1, 0.15) is 0 Å². The second kappa shape index (κ2) is 12.4. The molecule has 2 N–H and O–H groups in total. The van der Waals surface area contributed by atoms with Gasteiger partial charge in [-0.05, 0) is 63.7 Å². The smallest absolute Gasteiger partial charge is 0.228 e. The van der Waals surface area contributed by atoms with Gasteiger partial charge in [0.2, 0.25) is 5.91 Å². The zero-order valence-electron chi connectivity index (χ0n) is 16.9. The Morgan fingerprint density at radius 3 is 2.31 bits per heavy atom. The van der Waals surface area contributed by atoms with Gasteiger partial charge in [0.25, 0.3) is 0 Å². The van der Waals surface area contributed by atoms with Gasteiger partial charge in [-0.15, -0.1) is 24.8 Å². The number of amides is 1. The minimum atomic E-state index is -0.349.